The lowest BCUT2D eigenvalue weighted by Gasteiger charge is -2.45. The van der Waals surface area contributed by atoms with E-state index in [-0.39, 0.29) is 34.0 Å². The molecule has 3 N–H and O–H groups in total. The first-order valence-corrected chi connectivity index (χ1v) is 14.5. The molecule has 2 aliphatic carbocycles. The summed E-state index contributed by atoms with van der Waals surface area (Å²) in [5.74, 6) is -3.88. The van der Waals surface area contributed by atoms with Crippen LogP contribution in [-0.2, 0) is 9.84 Å². The molecule has 2 aromatic carbocycles. The maximum atomic E-state index is 13.8. The maximum Gasteiger partial charge on any atom is 0.255 e. The monoisotopic (exact) mass is 576 g/mol. The van der Waals surface area contributed by atoms with E-state index in [1.54, 1.807) is 18.3 Å². The number of aliphatic hydroxyl groups is 2. The van der Waals surface area contributed by atoms with Crippen molar-refractivity contribution in [1.29, 1.82) is 0 Å². The van der Waals surface area contributed by atoms with E-state index in [1.165, 1.54) is 24.3 Å². The number of aliphatic hydroxyl groups excluding tert-OH is 1. The number of aryl methyl sites for hydroxylation is 1. The molecule has 5 rings (SSSR count). The molecular formula is C28H27ClF2N2O5S. The molecule has 0 aliphatic heterocycles. The van der Waals surface area contributed by atoms with Gasteiger partial charge in [-0.1, -0.05) is 17.7 Å². The molecule has 0 saturated heterocycles. The van der Waals surface area contributed by atoms with Crippen molar-refractivity contribution in [2.75, 3.05) is 5.32 Å². The molecule has 1 aromatic heterocycles. The number of pyridine rings is 1. The van der Waals surface area contributed by atoms with Gasteiger partial charge >= 0.3 is 0 Å². The summed E-state index contributed by atoms with van der Waals surface area (Å²) < 4.78 is 54.3. The fourth-order valence-electron chi connectivity index (χ4n) is 5.94. The first-order chi connectivity index (χ1) is 18.4. The van der Waals surface area contributed by atoms with E-state index in [9.17, 15) is 32.2 Å². The maximum absolute atomic E-state index is 13.8. The average Bonchev–Trinajstić information content (AvgIpc) is 3.06. The second-order valence-electron chi connectivity index (χ2n) is 10.4. The highest BCUT2D eigenvalue weighted by Crippen LogP contribution is 2.56. The Balaban J connectivity index is 1.38. The Morgan fingerprint density at radius 3 is 2.38 bits per heavy atom. The third kappa shape index (κ3) is 4.95. The molecule has 0 radical (unpaired) electrons. The molecule has 2 aliphatic rings. The molecule has 206 valence electrons. The van der Waals surface area contributed by atoms with Crippen molar-refractivity contribution in [3.05, 3.63) is 88.2 Å². The highest BCUT2D eigenvalue weighted by atomic mass is 35.5. The summed E-state index contributed by atoms with van der Waals surface area (Å²) in [6.07, 6.45) is 1.68. The molecule has 11 heteroatoms. The van der Waals surface area contributed by atoms with Crippen LogP contribution in [-0.4, -0.2) is 40.4 Å². The topological polar surface area (TPSA) is 117 Å². The Kier molecular flexibility index (Phi) is 7.26. The van der Waals surface area contributed by atoms with Gasteiger partial charge in [0.15, 0.2) is 21.5 Å². The Morgan fingerprint density at radius 1 is 1.08 bits per heavy atom. The van der Waals surface area contributed by atoms with Gasteiger partial charge in [0.25, 0.3) is 5.91 Å². The molecule has 1 heterocycles. The van der Waals surface area contributed by atoms with Gasteiger partial charge < -0.3 is 15.5 Å². The molecule has 1 amide bonds. The summed E-state index contributed by atoms with van der Waals surface area (Å²) in [6.45, 7) is 1.87. The standard InChI is InChI=1S/C28H27ClF2N2O5S/c1-15-2-9-24(32-14-15)26(34)28(36)17-4-5-18(28)12-20(11-17)39(37,38)25-10-16(3-7-21(25)29)27(35)33-19-6-8-22(30)23(31)13-19/h2-3,6-10,13-14,17-18,20,26,34,36H,4-5,11-12H2,1H3,(H,33,35). The Morgan fingerprint density at radius 2 is 1.77 bits per heavy atom. The van der Waals surface area contributed by atoms with Gasteiger partial charge in [-0.15, -0.1) is 0 Å². The fraction of sp³-hybridized carbons (Fsp3) is 0.357. The van der Waals surface area contributed by atoms with Crippen molar-refractivity contribution in [3.63, 3.8) is 0 Å². The predicted octanol–water partition coefficient (Wildman–Crippen LogP) is 5.00. The van der Waals surface area contributed by atoms with E-state index in [0.29, 0.717) is 18.5 Å². The minimum absolute atomic E-state index is 0.00280. The van der Waals surface area contributed by atoms with Crippen molar-refractivity contribution in [2.45, 2.75) is 54.5 Å². The van der Waals surface area contributed by atoms with Crippen molar-refractivity contribution in [1.82, 2.24) is 4.98 Å². The second kappa shape index (κ2) is 10.2. The molecule has 7 nitrogen and oxygen atoms in total. The van der Waals surface area contributed by atoms with Crippen LogP contribution in [0.15, 0.2) is 59.6 Å². The minimum Gasteiger partial charge on any atom is -0.386 e. The summed E-state index contributed by atoms with van der Waals surface area (Å²) in [4.78, 5) is 16.8. The molecular weight excluding hydrogens is 550 g/mol. The first kappa shape index (κ1) is 27.6. The molecule has 3 unspecified atom stereocenters. The van der Waals surface area contributed by atoms with Gasteiger partial charge in [0.1, 0.15) is 11.7 Å². The zero-order valence-electron chi connectivity index (χ0n) is 20.9. The van der Waals surface area contributed by atoms with Gasteiger partial charge in [-0.25, -0.2) is 17.2 Å². The summed E-state index contributed by atoms with van der Waals surface area (Å²) >= 11 is 6.29. The van der Waals surface area contributed by atoms with Crippen LogP contribution in [0.4, 0.5) is 14.5 Å². The van der Waals surface area contributed by atoms with Crippen LogP contribution < -0.4 is 5.32 Å². The zero-order valence-corrected chi connectivity index (χ0v) is 22.5. The number of nitrogens with zero attached hydrogens (tertiary/aromatic N) is 1. The number of sulfone groups is 1. The van der Waals surface area contributed by atoms with Gasteiger partial charge in [-0.05, 0) is 86.4 Å². The zero-order chi connectivity index (χ0) is 28.1. The summed E-state index contributed by atoms with van der Waals surface area (Å²) in [5, 5.41) is 24.2. The number of carbonyl (C=O) groups is 1. The van der Waals surface area contributed by atoms with Crippen molar-refractivity contribution >= 4 is 33.0 Å². The number of carbonyl (C=O) groups excluding carboxylic acids is 1. The van der Waals surface area contributed by atoms with Crippen LogP contribution in [0.5, 0.6) is 0 Å². The van der Waals surface area contributed by atoms with Crippen molar-refractivity contribution in [3.8, 4) is 0 Å². The molecule has 2 bridgehead atoms. The lowest BCUT2D eigenvalue weighted by Crippen LogP contribution is -2.52. The number of hydrogen-bond acceptors (Lipinski definition) is 6. The normalized spacial score (nSPS) is 25.3. The lowest BCUT2D eigenvalue weighted by molar-refractivity contribution is -0.145. The minimum atomic E-state index is -4.04. The van der Waals surface area contributed by atoms with E-state index in [1.807, 2.05) is 6.92 Å². The molecule has 2 saturated carbocycles. The van der Waals surface area contributed by atoms with Crippen LogP contribution in [0, 0.1) is 30.4 Å². The molecule has 0 spiro atoms. The average molecular weight is 577 g/mol. The SMILES string of the molecule is Cc1ccc(C(O)C2(O)C3CCC2CC(S(=O)(=O)c2cc(C(=O)Nc4ccc(F)c(F)c4)ccc2Cl)C3)nc1. The van der Waals surface area contributed by atoms with Crippen LogP contribution in [0.3, 0.4) is 0 Å². The van der Waals surface area contributed by atoms with Crippen molar-refractivity contribution < 1.29 is 32.2 Å². The Hall–Kier alpha value is -2.92. The van der Waals surface area contributed by atoms with Gasteiger partial charge in [0.05, 0.1) is 20.9 Å². The van der Waals surface area contributed by atoms with Crippen molar-refractivity contribution in [2.24, 2.45) is 11.8 Å². The number of amides is 1. The number of fused-ring (bicyclic) bond motifs is 2. The number of rotatable bonds is 6. The van der Waals surface area contributed by atoms with E-state index in [0.717, 1.165) is 17.7 Å². The van der Waals surface area contributed by atoms with E-state index < -0.39 is 56.2 Å². The van der Waals surface area contributed by atoms with Crippen LogP contribution >= 0.6 is 11.6 Å². The quantitative estimate of drug-likeness (QED) is 0.380. The number of hydrogen-bond donors (Lipinski definition) is 3. The third-order valence-corrected chi connectivity index (χ3v) is 10.7. The molecule has 3 atom stereocenters. The second-order valence-corrected chi connectivity index (χ2v) is 13.0. The fourth-order valence-corrected chi connectivity index (χ4v) is 8.34. The van der Waals surface area contributed by atoms with E-state index >= 15 is 0 Å². The number of halogens is 3. The number of benzene rings is 2. The lowest BCUT2D eigenvalue weighted by atomic mass is 9.70. The number of aromatic nitrogens is 1. The summed E-state index contributed by atoms with van der Waals surface area (Å²) in [6, 6.07) is 10.1. The Labute approximate surface area is 229 Å². The largest absolute Gasteiger partial charge is 0.386 e. The van der Waals surface area contributed by atoms with E-state index in [4.69, 9.17) is 11.6 Å². The molecule has 3 aromatic rings. The van der Waals surface area contributed by atoms with Gasteiger partial charge in [-0.3, -0.25) is 9.78 Å². The summed E-state index contributed by atoms with van der Waals surface area (Å²) in [7, 11) is -4.04. The van der Waals surface area contributed by atoms with Crippen LogP contribution in [0.2, 0.25) is 5.02 Å². The van der Waals surface area contributed by atoms with Gasteiger partial charge in [-0.2, -0.15) is 0 Å². The number of anilines is 1. The van der Waals surface area contributed by atoms with Crippen LogP contribution in [0.25, 0.3) is 0 Å². The Bertz CT molecular complexity index is 1520. The van der Waals surface area contributed by atoms with Crippen LogP contribution in [0.1, 0.15) is 53.4 Å². The smallest absolute Gasteiger partial charge is 0.255 e. The highest BCUT2D eigenvalue weighted by molar-refractivity contribution is 7.92. The first-order valence-electron chi connectivity index (χ1n) is 12.5. The molecule has 2 fully saturated rings. The summed E-state index contributed by atoms with van der Waals surface area (Å²) in [5.41, 5.74) is -0.288. The third-order valence-electron chi connectivity index (χ3n) is 8.04. The molecule has 39 heavy (non-hydrogen) atoms. The highest BCUT2D eigenvalue weighted by Gasteiger charge is 2.59. The van der Waals surface area contributed by atoms with E-state index in [2.05, 4.69) is 10.3 Å². The van der Waals surface area contributed by atoms with Gasteiger partial charge in [0.2, 0.25) is 0 Å². The predicted molar refractivity (Wildman–Crippen MR) is 141 cm³/mol. The number of nitrogens with one attached hydrogen (secondary N) is 1. The van der Waals surface area contributed by atoms with Gasteiger partial charge in [0, 0.05) is 23.5 Å².